The Bertz CT molecular complexity index is 645. The molecule has 2 N–H and O–H groups in total. The molecule has 1 aliphatic carbocycles. The number of nitrogens with one attached hydrogen (secondary N) is 2. The third-order valence-corrected chi connectivity index (χ3v) is 4.20. The van der Waals surface area contributed by atoms with Gasteiger partial charge in [0.05, 0.1) is 12.8 Å². The lowest BCUT2D eigenvalue weighted by Crippen LogP contribution is -2.24. The van der Waals surface area contributed by atoms with Crippen LogP contribution in [-0.2, 0) is 4.79 Å². The number of aromatic amines is 1. The molecule has 0 atom stereocenters. The lowest BCUT2D eigenvalue weighted by atomic mass is 9.89. The predicted octanol–water partition coefficient (Wildman–Crippen LogP) is 3.60. The number of benzene rings is 1. The van der Waals surface area contributed by atoms with Gasteiger partial charge in [-0.25, -0.2) is 0 Å². The molecule has 22 heavy (non-hydrogen) atoms. The van der Waals surface area contributed by atoms with Crippen molar-refractivity contribution in [1.29, 1.82) is 0 Å². The van der Waals surface area contributed by atoms with Crippen LogP contribution in [0.3, 0.4) is 0 Å². The van der Waals surface area contributed by atoms with Gasteiger partial charge in [0.25, 0.3) is 0 Å². The molecule has 0 aliphatic heterocycles. The van der Waals surface area contributed by atoms with E-state index in [0.717, 1.165) is 42.7 Å². The highest BCUT2D eigenvalue weighted by Gasteiger charge is 2.21. The Morgan fingerprint density at radius 3 is 2.82 bits per heavy atom. The fourth-order valence-electron chi connectivity index (χ4n) is 2.98. The minimum absolute atomic E-state index is 0.0813. The molecule has 1 aliphatic rings. The normalized spacial score (nSPS) is 15.5. The first-order valence-electron chi connectivity index (χ1n) is 7.77. The summed E-state index contributed by atoms with van der Waals surface area (Å²) in [5.41, 5.74) is 1.76. The fourth-order valence-corrected chi connectivity index (χ4v) is 2.98. The lowest BCUT2D eigenvalue weighted by Gasteiger charge is -2.19. The standard InChI is InChI=1S/C17H21N3O2/c1-22-15-10-6-5-9-13(15)14-11-16(20-19-14)18-17(21)12-7-3-2-4-8-12/h5-6,9-12H,2-4,7-8H2,1H3,(H2,18,19,20,21). The maximum absolute atomic E-state index is 12.2. The SMILES string of the molecule is COc1ccccc1-c1cc(NC(=O)C2CCCCC2)n[nH]1. The number of hydrogen-bond donors (Lipinski definition) is 2. The lowest BCUT2D eigenvalue weighted by molar-refractivity contribution is -0.120. The summed E-state index contributed by atoms with van der Waals surface area (Å²) in [5, 5.41) is 10.1. The maximum Gasteiger partial charge on any atom is 0.228 e. The number of H-pyrrole nitrogens is 1. The Morgan fingerprint density at radius 2 is 2.05 bits per heavy atom. The van der Waals surface area contributed by atoms with E-state index in [2.05, 4.69) is 15.5 Å². The number of ether oxygens (including phenoxy) is 1. The first-order chi connectivity index (χ1) is 10.8. The van der Waals surface area contributed by atoms with Crippen molar-refractivity contribution in [3.05, 3.63) is 30.3 Å². The summed E-state index contributed by atoms with van der Waals surface area (Å²) < 4.78 is 5.35. The molecule has 0 saturated heterocycles. The molecule has 1 amide bonds. The maximum atomic E-state index is 12.2. The number of carbonyl (C=O) groups is 1. The topological polar surface area (TPSA) is 67.0 Å². The highest BCUT2D eigenvalue weighted by Crippen LogP contribution is 2.30. The number of rotatable bonds is 4. The third-order valence-electron chi connectivity index (χ3n) is 4.20. The van der Waals surface area contributed by atoms with Crippen LogP contribution in [0.15, 0.2) is 30.3 Å². The number of methoxy groups -OCH3 is 1. The summed E-state index contributed by atoms with van der Waals surface area (Å²) in [4.78, 5) is 12.2. The molecule has 116 valence electrons. The Labute approximate surface area is 130 Å². The van der Waals surface area contributed by atoms with Gasteiger partial charge >= 0.3 is 0 Å². The van der Waals surface area contributed by atoms with E-state index in [1.165, 1.54) is 6.42 Å². The van der Waals surface area contributed by atoms with E-state index in [4.69, 9.17) is 4.74 Å². The second kappa shape index (κ2) is 6.64. The van der Waals surface area contributed by atoms with Gasteiger partial charge in [0.15, 0.2) is 5.82 Å². The van der Waals surface area contributed by atoms with Crippen molar-refractivity contribution in [1.82, 2.24) is 10.2 Å². The van der Waals surface area contributed by atoms with E-state index >= 15 is 0 Å². The quantitative estimate of drug-likeness (QED) is 0.906. The first kappa shape index (κ1) is 14.6. The molecule has 5 heteroatoms. The fraction of sp³-hybridized carbons (Fsp3) is 0.412. The molecule has 1 aromatic carbocycles. The Morgan fingerprint density at radius 1 is 1.27 bits per heavy atom. The average Bonchev–Trinajstić information content (AvgIpc) is 3.04. The molecule has 0 unspecified atom stereocenters. The second-order valence-electron chi connectivity index (χ2n) is 5.69. The average molecular weight is 299 g/mol. The molecule has 0 bridgehead atoms. The molecule has 1 saturated carbocycles. The van der Waals surface area contributed by atoms with Gasteiger partial charge in [0.1, 0.15) is 5.75 Å². The van der Waals surface area contributed by atoms with Gasteiger partial charge < -0.3 is 10.1 Å². The van der Waals surface area contributed by atoms with Crippen molar-refractivity contribution in [3.63, 3.8) is 0 Å². The number of hydrogen-bond acceptors (Lipinski definition) is 3. The number of para-hydroxylation sites is 1. The van der Waals surface area contributed by atoms with Crippen molar-refractivity contribution in [2.75, 3.05) is 12.4 Å². The van der Waals surface area contributed by atoms with Crippen LogP contribution in [0.25, 0.3) is 11.3 Å². The third kappa shape index (κ3) is 3.13. The van der Waals surface area contributed by atoms with Crippen LogP contribution in [-0.4, -0.2) is 23.2 Å². The van der Waals surface area contributed by atoms with Crippen LogP contribution < -0.4 is 10.1 Å². The summed E-state index contributed by atoms with van der Waals surface area (Å²) >= 11 is 0. The molecule has 0 radical (unpaired) electrons. The predicted molar refractivity (Wildman–Crippen MR) is 85.8 cm³/mol. The molecule has 3 rings (SSSR count). The minimum Gasteiger partial charge on any atom is -0.496 e. The van der Waals surface area contributed by atoms with Gasteiger partial charge in [-0.2, -0.15) is 5.10 Å². The van der Waals surface area contributed by atoms with E-state index in [1.807, 2.05) is 30.3 Å². The van der Waals surface area contributed by atoms with Crippen molar-refractivity contribution in [2.24, 2.45) is 5.92 Å². The molecule has 1 fully saturated rings. The van der Waals surface area contributed by atoms with Crippen LogP contribution >= 0.6 is 0 Å². The van der Waals surface area contributed by atoms with Gasteiger partial charge in [0, 0.05) is 17.5 Å². The van der Waals surface area contributed by atoms with Gasteiger partial charge in [0.2, 0.25) is 5.91 Å². The van der Waals surface area contributed by atoms with Crippen LogP contribution in [0.1, 0.15) is 32.1 Å². The second-order valence-corrected chi connectivity index (χ2v) is 5.69. The summed E-state index contributed by atoms with van der Waals surface area (Å²) in [5.74, 6) is 1.55. The van der Waals surface area contributed by atoms with E-state index in [0.29, 0.717) is 5.82 Å². The molecular weight excluding hydrogens is 278 g/mol. The van der Waals surface area contributed by atoms with Gasteiger partial charge in [-0.15, -0.1) is 0 Å². The molecule has 5 nitrogen and oxygen atoms in total. The summed E-state index contributed by atoms with van der Waals surface area (Å²) in [6.45, 7) is 0. The van der Waals surface area contributed by atoms with Crippen molar-refractivity contribution >= 4 is 11.7 Å². The zero-order valence-corrected chi connectivity index (χ0v) is 12.8. The zero-order chi connectivity index (χ0) is 15.4. The van der Waals surface area contributed by atoms with E-state index in [-0.39, 0.29) is 11.8 Å². The molecular formula is C17H21N3O2. The Balaban J connectivity index is 1.72. The monoisotopic (exact) mass is 299 g/mol. The zero-order valence-electron chi connectivity index (χ0n) is 12.8. The van der Waals surface area contributed by atoms with Crippen LogP contribution in [0.4, 0.5) is 5.82 Å². The first-order valence-corrected chi connectivity index (χ1v) is 7.77. The number of amides is 1. The number of anilines is 1. The van der Waals surface area contributed by atoms with E-state index < -0.39 is 0 Å². The van der Waals surface area contributed by atoms with Crippen molar-refractivity contribution in [3.8, 4) is 17.0 Å². The summed E-state index contributed by atoms with van der Waals surface area (Å²) in [6, 6.07) is 9.57. The van der Waals surface area contributed by atoms with Crippen LogP contribution in [0.5, 0.6) is 5.75 Å². The molecule has 0 spiro atoms. The Hall–Kier alpha value is -2.30. The number of nitrogens with zero attached hydrogens (tertiary/aromatic N) is 1. The van der Waals surface area contributed by atoms with E-state index in [1.54, 1.807) is 7.11 Å². The van der Waals surface area contributed by atoms with E-state index in [9.17, 15) is 4.79 Å². The number of carbonyl (C=O) groups excluding carboxylic acids is 1. The summed E-state index contributed by atoms with van der Waals surface area (Å²) in [7, 11) is 1.64. The molecule has 2 aromatic rings. The smallest absolute Gasteiger partial charge is 0.228 e. The van der Waals surface area contributed by atoms with Gasteiger partial charge in [-0.1, -0.05) is 31.4 Å². The highest BCUT2D eigenvalue weighted by atomic mass is 16.5. The Kier molecular flexibility index (Phi) is 4.42. The van der Waals surface area contributed by atoms with Gasteiger partial charge in [-0.05, 0) is 25.0 Å². The van der Waals surface area contributed by atoms with Crippen LogP contribution in [0.2, 0.25) is 0 Å². The largest absolute Gasteiger partial charge is 0.496 e. The number of aromatic nitrogens is 2. The highest BCUT2D eigenvalue weighted by molar-refractivity contribution is 5.92. The molecule has 1 aromatic heterocycles. The van der Waals surface area contributed by atoms with Crippen molar-refractivity contribution in [2.45, 2.75) is 32.1 Å². The minimum atomic E-state index is 0.0813. The van der Waals surface area contributed by atoms with Gasteiger partial charge in [-0.3, -0.25) is 9.89 Å². The summed E-state index contributed by atoms with van der Waals surface area (Å²) in [6.07, 6.45) is 5.49. The van der Waals surface area contributed by atoms with Crippen LogP contribution in [0, 0.1) is 5.92 Å². The molecule has 1 heterocycles. The van der Waals surface area contributed by atoms with Crippen molar-refractivity contribution < 1.29 is 9.53 Å².